The van der Waals surface area contributed by atoms with E-state index in [1.54, 1.807) is 18.6 Å². The normalized spacial score (nSPS) is 14.1. The molecule has 0 aliphatic carbocycles. The smallest absolute Gasteiger partial charge is 0.244 e. The Morgan fingerprint density at radius 3 is 2.67 bits per heavy atom. The van der Waals surface area contributed by atoms with Crippen LogP contribution < -0.4 is 0 Å². The maximum Gasteiger partial charge on any atom is 0.244 e. The maximum atomic E-state index is 12.4. The quantitative estimate of drug-likeness (QED) is 0.727. The van der Waals surface area contributed by atoms with Gasteiger partial charge in [-0.15, -0.1) is 22.9 Å². The van der Waals surface area contributed by atoms with Gasteiger partial charge in [-0.2, -0.15) is 4.31 Å². The first-order valence-corrected chi connectivity index (χ1v) is 8.46. The lowest BCUT2D eigenvalue weighted by Crippen LogP contribution is -2.40. The molecule has 18 heavy (non-hydrogen) atoms. The molecule has 0 aromatic carbocycles. The molecule has 1 aromatic rings. The van der Waals surface area contributed by atoms with Crippen molar-refractivity contribution in [2.75, 3.05) is 20.3 Å². The summed E-state index contributed by atoms with van der Waals surface area (Å²) in [4.78, 5) is 1.17. The number of halogens is 1. The predicted molar refractivity (Wildman–Crippen MR) is 74.8 cm³/mol. The molecule has 7 heteroatoms. The maximum absolute atomic E-state index is 12.4. The van der Waals surface area contributed by atoms with Crippen LogP contribution in [-0.2, 0) is 20.6 Å². The molecule has 1 unspecified atom stereocenters. The molecule has 1 rings (SSSR count). The molecule has 4 nitrogen and oxygen atoms in total. The summed E-state index contributed by atoms with van der Waals surface area (Å²) in [5, 5.41) is 1.63. The summed E-state index contributed by atoms with van der Waals surface area (Å²) in [7, 11) is -1.89. The Morgan fingerprint density at radius 1 is 1.56 bits per heavy atom. The van der Waals surface area contributed by atoms with E-state index in [1.165, 1.54) is 15.6 Å². The molecule has 0 saturated heterocycles. The SMILES string of the molecule is CCN(C(C)COC)S(=O)(=O)c1csc(CCl)c1. The number of rotatable bonds is 7. The molecule has 0 fully saturated rings. The number of ether oxygens (including phenoxy) is 1. The summed E-state index contributed by atoms with van der Waals surface area (Å²) in [6, 6.07) is 1.44. The van der Waals surface area contributed by atoms with E-state index in [-0.39, 0.29) is 6.04 Å². The van der Waals surface area contributed by atoms with Gasteiger partial charge in [-0.25, -0.2) is 8.42 Å². The number of sulfonamides is 1. The van der Waals surface area contributed by atoms with E-state index in [0.717, 1.165) is 4.88 Å². The van der Waals surface area contributed by atoms with Crippen LogP contribution in [0.5, 0.6) is 0 Å². The highest BCUT2D eigenvalue weighted by Crippen LogP contribution is 2.25. The average molecular weight is 312 g/mol. The third-order valence-corrected chi connectivity index (χ3v) is 6.18. The molecule has 0 aliphatic rings. The van der Waals surface area contributed by atoms with Crippen molar-refractivity contribution >= 4 is 33.0 Å². The molecule has 0 bridgehead atoms. The summed E-state index contributed by atoms with van der Waals surface area (Å²) in [6.07, 6.45) is 0. The Kier molecular flexibility index (Phi) is 6.07. The molecule has 1 atom stereocenters. The largest absolute Gasteiger partial charge is 0.383 e. The van der Waals surface area contributed by atoms with Crippen molar-refractivity contribution in [1.82, 2.24) is 4.31 Å². The Labute approximate surface area is 118 Å². The van der Waals surface area contributed by atoms with Crippen LogP contribution in [0, 0.1) is 0 Å². The third kappa shape index (κ3) is 3.45. The van der Waals surface area contributed by atoms with Gasteiger partial charge in [-0.05, 0) is 13.0 Å². The van der Waals surface area contributed by atoms with E-state index in [9.17, 15) is 8.42 Å². The second-order valence-electron chi connectivity index (χ2n) is 3.90. The van der Waals surface area contributed by atoms with Gasteiger partial charge >= 0.3 is 0 Å². The molecular formula is C11H18ClNO3S2. The Bertz CT molecular complexity index is 472. The number of thiophene rings is 1. The first kappa shape index (κ1) is 15.9. The van der Waals surface area contributed by atoms with Gasteiger partial charge in [0.05, 0.1) is 17.4 Å². The minimum Gasteiger partial charge on any atom is -0.383 e. The molecule has 0 radical (unpaired) electrons. The van der Waals surface area contributed by atoms with Crippen molar-refractivity contribution in [3.05, 3.63) is 16.3 Å². The van der Waals surface area contributed by atoms with E-state index in [2.05, 4.69) is 0 Å². The lowest BCUT2D eigenvalue weighted by molar-refractivity contribution is 0.142. The fourth-order valence-electron chi connectivity index (χ4n) is 1.74. The standard InChI is InChI=1S/C11H18ClNO3S2/c1-4-13(9(2)7-16-3)18(14,15)11-5-10(6-12)17-8-11/h5,8-9H,4,6-7H2,1-3H3. The predicted octanol–water partition coefficient (Wildman–Crippen LogP) is 2.53. The van der Waals surface area contributed by atoms with Crippen LogP contribution in [-0.4, -0.2) is 39.0 Å². The van der Waals surface area contributed by atoms with E-state index in [0.29, 0.717) is 23.9 Å². The van der Waals surface area contributed by atoms with E-state index >= 15 is 0 Å². The first-order chi connectivity index (χ1) is 8.47. The Hall–Kier alpha value is -0.140. The zero-order valence-electron chi connectivity index (χ0n) is 10.7. The van der Waals surface area contributed by atoms with Gasteiger partial charge in [0, 0.05) is 30.0 Å². The van der Waals surface area contributed by atoms with Crippen LogP contribution in [0.25, 0.3) is 0 Å². The molecule has 1 heterocycles. The minimum absolute atomic E-state index is 0.190. The highest BCUT2D eigenvalue weighted by atomic mass is 35.5. The molecule has 0 spiro atoms. The number of hydrogen-bond acceptors (Lipinski definition) is 4. The highest BCUT2D eigenvalue weighted by molar-refractivity contribution is 7.89. The van der Waals surface area contributed by atoms with Crippen LogP contribution in [0.15, 0.2) is 16.3 Å². The molecule has 1 aromatic heterocycles. The third-order valence-electron chi connectivity index (χ3n) is 2.58. The van der Waals surface area contributed by atoms with Crippen molar-refractivity contribution in [3.8, 4) is 0 Å². The van der Waals surface area contributed by atoms with Gasteiger partial charge in [0.15, 0.2) is 0 Å². The van der Waals surface area contributed by atoms with Crippen molar-refractivity contribution in [2.24, 2.45) is 0 Å². The number of likely N-dealkylation sites (N-methyl/N-ethyl adjacent to an activating group) is 1. The van der Waals surface area contributed by atoms with Gasteiger partial charge in [0.2, 0.25) is 10.0 Å². The molecule has 0 amide bonds. The lowest BCUT2D eigenvalue weighted by Gasteiger charge is -2.26. The Balaban J connectivity index is 3.02. The van der Waals surface area contributed by atoms with Crippen molar-refractivity contribution in [2.45, 2.75) is 30.7 Å². The van der Waals surface area contributed by atoms with Crippen molar-refractivity contribution in [1.29, 1.82) is 0 Å². The topological polar surface area (TPSA) is 46.6 Å². The average Bonchev–Trinajstić information content (AvgIpc) is 2.79. The summed E-state index contributed by atoms with van der Waals surface area (Å²) < 4.78 is 31.3. The van der Waals surface area contributed by atoms with Crippen LogP contribution >= 0.6 is 22.9 Å². The summed E-state index contributed by atoms with van der Waals surface area (Å²) in [5.74, 6) is 0.333. The fraction of sp³-hybridized carbons (Fsp3) is 0.636. The van der Waals surface area contributed by atoms with Gasteiger partial charge in [0.1, 0.15) is 0 Å². The fourth-order valence-corrected chi connectivity index (χ4v) is 4.75. The van der Waals surface area contributed by atoms with E-state index in [1.807, 2.05) is 13.8 Å². The van der Waals surface area contributed by atoms with Crippen LogP contribution in [0.4, 0.5) is 0 Å². The van der Waals surface area contributed by atoms with Gasteiger partial charge in [-0.3, -0.25) is 0 Å². The van der Waals surface area contributed by atoms with E-state index < -0.39 is 10.0 Å². The monoisotopic (exact) mass is 311 g/mol. The second kappa shape index (κ2) is 6.86. The molecule has 0 saturated carbocycles. The Morgan fingerprint density at radius 2 is 2.22 bits per heavy atom. The summed E-state index contributed by atoms with van der Waals surface area (Å²) in [6.45, 7) is 4.44. The summed E-state index contributed by atoms with van der Waals surface area (Å²) in [5.41, 5.74) is 0. The second-order valence-corrected chi connectivity index (χ2v) is 7.05. The number of methoxy groups -OCH3 is 1. The highest BCUT2D eigenvalue weighted by Gasteiger charge is 2.28. The number of nitrogens with zero attached hydrogens (tertiary/aromatic N) is 1. The lowest BCUT2D eigenvalue weighted by atomic mass is 10.4. The zero-order valence-corrected chi connectivity index (χ0v) is 13.1. The summed E-state index contributed by atoms with van der Waals surface area (Å²) >= 11 is 7.06. The molecule has 0 aliphatic heterocycles. The number of alkyl halides is 1. The molecular weight excluding hydrogens is 294 g/mol. The van der Waals surface area contributed by atoms with E-state index in [4.69, 9.17) is 16.3 Å². The van der Waals surface area contributed by atoms with Crippen LogP contribution in [0.3, 0.4) is 0 Å². The first-order valence-electron chi connectivity index (χ1n) is 5.61. The van der Waals surface area contributed by atoms with Gasteiger partial charge in [0.25, 0.3) is 0 Å². The number of hydrogen-bond donors (Lipinski definition) is 0. The van der Waals surface area contributed by atoms with Gasteiger partial charge in [-0.1, -0.05) is 6.92 Å². The van der Waals surface area contributed by atoms with Crippen molar-refractivity contribution < 1.29 is 13.2 Å². The van der Waals surface area contributed by atoms with Crippen LogP contribution in [0.1, 0.15) is 18.7 Å². The minimum atomic E-state index is -3.46. The molecule has 0 N–H and O–H groups in total. The zero-order chi connectivity index (χ0) is 13.8. The van der Waals surface area contributed by atoms with Crippen LogP contribution in [0.2, 0.25) is 0 Å². The van der Waals surface area contributed by atoms with Gasteiger partial charge < -0.3 is 4.74 Å². The van der Waals surface area contributed by atoms with Crippen molar-refractivity contribution in [3.63, 3.8) is 0 Å². The molecule has 104 valence electrons.